The highest BCUT2D eigenvalue weighted by atomic mass is 19.4. The molecule has 0 unspecified atom stereocenters. The number of halogens is 6. The first kappa shape index (κ1) is 28.5. The van der Waals surface area contributed by atoms with Crippen molar-refractivity contribution in [3.8, 4) is 5.88 Å². The molecule has 0 aliphatic heterocycles. The number of alkyl halides is 6. The van der Waals surface area contributed by atoms with Gasteiger partial charge in [-0.05, 0) is 31.2 Å². The molecule has 0 fully saturated rings. The molecule has 0 aromatic carbocycles. The zero-order valence-corrected chi connectivity index (χ0v) is 18.7. The summed E-state index contributed by atoms with van der Waals surface area (Å²) >= 11 is 0. The lowest BCUT2D eigenvalue weighted by Gasteiger charge is -2.13. The lowest BCUT2D eigenvalue weighted by molar-refractivity contribution is -0.146. The van der Waals surface area contributed by atoms with Crippen LogP contribution in [-0.2, 0) is 17.1 Å². The molecule has 0 saturated heterocycles. The highest BCUT2D eigenvalue weighted by Crippen LogP contribution is 2.36. The molecule has 4 nitrogen and oxygen atoms in total. The van der Waals surface area contributed by atoms with Crippen LogP contribution in [0.1, 0.15) is 63.6 Å². The number of allylic oxidation sites excluding steroid dienone is 3. The summed E-state index contributed by atoms with van der Waals surface area (Å²) in [4.78, 5) is 14.6. The number of nitrogens with zero attached hydrogens (tertiary/aromatic N) is 1. The lowest BCUT2D eigenvalue weighted by atomic mass is 10.1. The van der Waals surface area contributed by atoms with Crippen LogP contribution in [0.3, 0.4) is 0 Å². The number of carbonyl (C=O) groups excluding carboxylic acids is 1. The van der Waals surface area contributed by atoms with E-state index in [0.717, 1.165) is 32.1 Å². The van der Waals surface area contributed by atoms with E-state index in [0.29, 0.717) is 24.9 Å². The van der Waals surface area contributed by atoms with Gasteiger partial charge in [0.25, 0.3) is 0 Å². The minimum Gasteiger partial charge on any atom is -0.478 e. The Labute approximate surface area is 190 Å². The van der Waals surface area contributed by atoms with Gasteiger partial charge in [0.1, 0.15) is 5.69 Å². The summed E-state index contributed by atoms with van der Waals surface area (Å²) in [5, 5.41) is 2.77. The highest BCUT2D eigenvalue weighted by Gasteiger charge is 2.38. The summed E-state index contributed by atoms with van der Waals surface area (Å²) in [5.74, 6) is -0.428. The molecule has 1 aromatic heterocycles. The van der Waals surface area contributed by atoms with Crippen LogP contribution >= 0.6 is 0 Å². The van der Waals surface area contributed by atoms with Gasteiger partial charge in [0, 0.05) is 18.7 Å². The summed E-state index contributed by atoms with van der Waals surface area (Å²) in [6.45, 7) is 4.63. The number of aromatic nitrogens is 1. The molecule has 1 rings (SSSR count). The number of unbranched alkanes of at least 4 members (excludes halogenated alkanes) is 5. The molecular formula is C23H30F6N2O2. The van der Waals surface area contributed by atoms with Crippen LogP contribution < -0.4 is 10.1 Å². The van der Waals surface area contributed by atoms with Crippen molar-refractivity contribution in [2.24, 2.45) is 5.92 Å². The van der Waals surface area contributed by atoms with Gasteiger partial charge in [0.05, 0.1) is 12.2 Å². The van der Waals surface area contributed by atoms with E-state index in [1.165, 1.54) is 6.08 Å². The second-order valence-corrected chi connectivity index (χ2v) is 7.91. The van der Waals surface area contributed by atoms with Crippen LogP contribution in [-0.4, -0.2) is 24.0 Å². The molecule has 0 spiro atoms. The van der Waals surface area contributed by atoms with Gasteiger partial charge >= 0.3 is 12.4 Å². The molecule has 0 saturated carbocycles. The molecular weight excluding hydrogens is 450 g/mol. The van der Waals surface area contributed by atoms with Crippen molar-refractivity contribution in [3.05, 3.63) is 47.7 Å². The van der Waals surface area contributed by atoms with Crippen LogP contribution in [0.5, 0.6) is 5.88 Å². The maximum absolute atomic E-state index is 12.8. The van der Waals surface area contributed by atoms with Crippen molar-refractivity contribution in [1.29, 1.82) is 0 Å². The van der Waals surface area contributed by atoms with Crippen molar-refractivity contribution in [2.75, 3.05) is 13.2 Å². The molecule has 0 radical (unpaired) electrons. The zero-order chi connectivity index (χ0) is 24.9. The molecule has 1 aromatic rings. The topological polar surface area (TPSA) is 51.2 Å². The van der Waals surface area contributed by atoms with Gasteiger partial charge in [0.2, 0.25) is 11.8 Å². The first-order chi connectivity index (χ1) is 15.4. The van der Waals surface area contributed by atoms with Gasteiger partial charge in [-0.2, -0.15) is 26.3 Å². The first-order valence-corrected chi connectivity index (χ1v) is 10.8. The van der Waals surface area contributed by atoms with Gasteiger partial charge in [0.15, 0.2) is 0 Å². The summed E-state index contributed by atoms with van der Waals surface area (Å²) in [7, 11) is 0. The average molecular weight is 480 g/mol. The van der Waals surface area contributed by atoms with Crippen LogP contribution in [0.25, 0.3) is 0 Å². The third-order valence-electron chi connectivity index (χ3n) is 4.36. The summed E-state index contributed by atoms with van der Waals surface area (Å²) in [6, 6.07) is 0.447. The smallest absolute Gasteiger partial charge is 0.433 e. The molecule has 33 heavy (non-hydrogen) atoms. The van der Waals surface area contributed by atoms with E-state index in [-0.39, 0.29) is 18.6 Å². The van der Waals surface area contributed by atoms with Crippen LogP contribution in [0.4, 0.5) is 26.3 Å². The Morgan fingerprint density at radius 3 is 2.30 bits per heavy atom. The number of hydrogen-bond donors (Lipinski definition) is 1. The van der Waals surface area contributed by atoms with E-state index in [1.807, 2.05) is 19.9 Å². The minimum atomic E-state index is -5.00. The van der Waals surface area contributed by atoms with E-state index in [4.69, 9.17) is 4.74 Å². The Bertz CT molecular complexity index is 754. The summed E-state index contributed by atoms with van der Waals surface area (Å²) < 4.78 is 81.8. The quantitative estimate of drug-likeness (QED) is 0.148. The van der Waals surface area contributed by atoms with Gasteiger partial charge < -0.3 is 10.1 Å². The second-order valence-electron chi connectivity index (χ2n) is 7.91. The standard InChI is InChI=1S/C23H30F6N2O2/c1-17(2)16-30-20(32)12-10-8-6-4-3-5-7-9-11-13-33-21-15-18(22(24,25)26)14-19(31-21)23(27,28)29/h6,8,10,12,14-15,17H,3-5,7,9,11,13,16H2,1-2H3,(H,30,32)/b8-6+,12-10+. The second kappa shape index (κ2) is 13.9. The fraction of sp³-hybridized carbons (Fsp3) is 0.565. The number of carbonyl (C=O) groups is 1. The SMILES string of the molecule is CC(C)CNC(=O)/C=C/C=C/CCCCCCCOc1cc(C(F)(F)F)cc(C(F)(F)F)n1. The molecule has 1 N–H and O–H groups in total. The Hall–Kier alpha value is -2.52. The van der Waals surface area contributed by atoms with E-state index in [1.54, 1.807) is 12.2 Å². The lowest BCUT2D eigenvalue weighted by Crippen LogP contribution is -2.25. The monoisotopic (exact) mass is 480 g/mol. The van der Waals surface area contributed by atoms with Crippen molar-refractivity contribution in [3.63, 3.8) is 0 Å². The zero-order valence-electron chi connectivity index (χ0n) is 18.7. The predicted octanol–water partition coefficient (Wildman–Crippen LogP) is 6.72. The maximum atomic E-state index is 12.8. The van der Waals surface area contributed by atoms with Gasteiger partial charge in [-0.15, -0.1) is 0 Å². The van der Waals surface area contributed by atoms with Gasteiger partial charge in [-0.1, -0.05) is 51.3 Å². The van der Waals surface area contributed by atoms with Crippen molar-refractivity contribution >= 4 is 5.91 Å². The minimum absolute atomic E-state index is 0.0187. The third-order valence-corrected chi connectivity index (χ3v) is 4.36. The fourth-order valence-corrected chi connectivity index (χ4v) is 2.64. The van der Waals surface area contributed by atoms with Gasteiger partial charge in [-0.3, -0.25) is 4.79 Å². The highest BCUT2D eigenvalue weighted by molar-refractivity contribution is 5.87. The van der Waals surface area contributed by atoms with E-state index >= 15 is 0 Å². The fourth-order valence-electron chi connectivity index (χ4n) is 2.64. The maximum Gasteiger partial charge on any atom is 0.433 e. The summed E-state index contributed by atoms with van der Waals surface area (Å²) in [6.07, 6.45) is 1.74. The van der Waals surface area contributed by atoms with Crippen LogP contribution in [0, 0.1) is 5.92 Å². The molecule has 1 amide bonds. The number of hydrogen-bond acceptors (Lipinski definition) is 3. The predicted molar refractivity (Wildman–Crippen MR) is 114 cm³/mol. The van der Waals surface area contributed by atoms with E-state index in [9.17, 15) is 31.1 Å². The normalized spacial score (nSPS) is 12.8. The number of amides is 1. The number of rotatable bonds is 13. The Kier molecular flexibility index (Phi) is 12.0. The molecule has 0 bridgehead atoms. The molecule has 186 valence electrons. The van der Waals surface area contributed by atoms with Gasteiger partial charge in [-0.25, -0.2) is 4.98 Å². The number of ether oxygens (including phenoxy) is 1. The van der Waals surface area contributed by atoms with Crippen molar-refractivity contribution in [2.45, 2.75) is 64.7 Å². The Morgan fingerprint density at radius 1 is 1.00 bits per heavy atom. The molecule has 0 aliphatic carbocycles. The Morgan fingerprint density at radius 2 is 1.67 bits per heavy atom. The van der Waals surface area contributed by atoms with E-state index in [2.05, 4.69) is 10.3 Å². The summed E-state index contributed by atoms with van der Waals surface area (Å²) in [5.41, 5.74) is -3.08. The van der Waals surface area contributed by atoms with Crippen molar-refractivity contribution < 1.29 is 35.9 Å². The van der Waals surface area contributed by atoms with E-state index < -0.39 is 29.5 Å². The molecule has 0 aliphatic rings. The Balaban J connectivity index is 2.25. The number of pyridine rings is 1. The first-order valence-electron chi connectivity index (χ1n) is 10.8. The molecule has 0 atom stereocenters. The van der Waals surface area contributed by atoms with Crippen molar-refractivity contribution in [1.82, 2.24) is 10.3 Å². The molecule has 10 heteroatoms. The third kappa shape index (κ3) is 12.9. The number of nitrogens with one attached hydrogen (secondary N) is 1. The average Bonchev–Trinajstić information content (AvgIpc) is 2.71. The van der Waals surface area contributed by atoms with Crippen LogP contribution in [0.2, 0.25) is 0 Å². The molecule has 1 heterocycles. The van der Waals surface area contributed by atoms with Crippen LogP contribution in [0.15, 0.2) is 36.4 Å². The largest absolute Gasteiger partial charge is 0.478 e.